The summed E-state index contributed by atoms with van der Waals surface area (Å²) in [6.45, 7) is 3.99. The zero-order valence-corrected chi connectivity index (χ0v) is 14.5. The fourth-order valence-corrected chi connectivity index (χ4v) is 2.54. The first-order chi connectivity index (χ1) is 10.6. The van der Waals surface area contributed by atoms with Gasteiger partial charge in [-0.25, -0.2) is 4.98 Å². The van der Waals surface area contributed by atoms with E-state index in [9.17, 15) is 0 Å². The van der Waals surface area contributed by atoms with Gasteiger partial charge in [-0.3, -0.25) is 9.97 Å². The zero-order valence-electron chi connectivity index (χ0n) is 13.7. The highest BCUT2D eigenvalue weighted by atomic mass is 35.5. The molecule has 2 aromatic heterocycles. The van der Waals surface area contributed by atoms with Gasteiger partial charge in [0.25, 0.3) is 0 Å². The number of benzene rings is 1. The molecule has 0 N–H and O–H groups in total. The predicted molar refractivity (Wildman–Crippen MR) is 94.8 cm³/mol. The minimum atomic E-state index is 0. The largest absolute Gasteiger partial charge is 0.337 e. The summed E-state index contributed by atoms with van der Waals surface area (Å²) in [5.41, 5.74) is 5.19. The molecular weight excluding hydrogens is 308 g/mol. The highest BCUT2D eigenvalue weighted by Gasteiger charge is 2.09. The number of nitrogens with zero attached hydrogens (tertiary/aromatic N) is 4. The third kappa shape index (κ3) is 3.96. The topological polar surface area (TPSA) is 43.6 Å². The van der Waals surface area contributed by atoms with Gasteiger partial charge in [0.05, 0.1) is 22.8 Å². The molecular formula is C18H21ClN4. The van der Waals surface area contributed by atoms with Crippen LogP contribution in [0, 0.1) is 13.8 Å². The van der Waals surface area contributed by atoms with Crippen molar-refractivity contribution < 1.29 is 0 Å². The second-order valence-electron chi connectivity index (χ2n) is 5.56. The van der Waals surface area contributed by atoms with Gasteiger partial charge in [0.1, 0.15) is 5.82 Å². The molecule has 0 atom stereocenters. The van der Waals surface area contributed by atoms with E-state index in [1.54, 1.807) is 0 Å². The Morgan fingerprint density at radius 1 is 1.00 bits per heavy atom. The molecule has 0 saturated heterocycles. The summed E-state index contributed by atoms with van der Waals surface area (Å²) in [5.74, 6) is 1.07. The molecule has 3 aromatic rings. The molecule has 4 nitrogen and oxygen atoms in total. The summed E-state index contributed by atoms with van der Waals surface area (Å²) in [7, 11) is 2.05. The van der Waals surface area contributed by atoms with Gasteiger partial charge in [-0.05, 0) is 20.3 Å². The molecule has 0 spiro atoms. The summed E-state index contributed by atoms with van der Waals surface area (Å²) < 4.78 is 2.10. The van der Waals surface area contributed by atoms with E-state index in [1.165, 1.54) is 0 Å². The Balaban J connectivity index is 0.00000192. The quantitative estimate of drug-likeness (QED) is 0.733. The fourth-order valence-electron chi connectivity index (χ4n) is 2.54. The van der Waals surface area contributed by atoms with E-state index in [1.807, 2.05) is 45.3 Å². The average molecular weight is 329 g/mol. The minimum absolute atomic E-state index is 0. The molecule has 0 amide bonds. The highest BCUT2D eigenvalue weighted by molar-refractivity contribution is 5.85. The van der Waals surface area contributed by atoms with Crippen molar-refractivity contribution in [3.63, 3.8) is 0 Å². The summed E-state index contributed by atoms with van der Waals surface area (Å²) in [5, 5.41) is 0. The van der Waals surface area contributed by atoms with Crippen molar-refractivity contribution >= 4 is 12.4 Å². The van der Waals surface area contributed by atoms with E-state index in [0.717, 1.165) is 47.0 Å². The molecule has 0 unspecified atom stereocenters. The lowest BCUT2D eigenvalue weighted by atomic mass is 10.2. The first kappa shape index (κ1) is 17.2. The third-order valence-corrected chi connectivity index (χ3v) is 3.80. The van der Waals surface area contributed by atoms with Crippen molar-refractivity contribution in [2.24, 2.45) is 7.05 Å². The van der Waals surface area contributed by atoms with E-state index >= 15 is 0 Å². The van der Waals surface area contributed by atoms with Crippen LogP contribution in [0.4, 0.5) is 0 Å². The average Bonchev–Trinajstić information content (AvgIpc) is 2.90. The van der Waals surface area contributed by atoms with Gasteiger partial charge in [0.15, 0.2) is 0 Å². The van der Waals surface area contributed by atoms with Crippen LogP contribution in [0.3, 0.4) is 0 Å². The Hall–Kier alpha value is -2.20. The lowest BCUT2D eigenvalue weighted by Gasteiger charge is -2.05. The van der Waals surface area contributed by atoms with Gasteiger partial charge in [-0.15, -0.1) is 12.4 Å². The second kappa shape index (κ2) is 7.38. The number of hydrogen-bond donors (Lipinski definition) is 0. The van der Waals surface area contributed by atoms with E-state index in [4.69, 9.17) is 4.98 Å². The Bertz CT molecular complexity index is 781. The number of hydrogen-bond acceptors (Lipinski definition) is 3. The minimum Gasteiger partial charge on any atom is -0.337 e. The van der Waals surface area contributed by atoms with Crippen LogP contribution in [0.2, 0.25) is 0 Å². The second-order valence-corrected chi connectivity index (χ2v) is 5.56. The summed E-state index contributed by atoms with van der Waals surface area (Å²) >= 11 is 0. The van der Waals surface area contributed by atoms with Crippen LogP contribution < -0.4 is 0 Å². The Morgan fingerprint density at radius 3 is 2.48 bits per heavy atom. The van der Waals surface area contributed by atoms with Crippen molar-refractivity contribution in [3.05, 3.63) is 65.6 Å². The first-order valence-corrected chi connectivity index (χ1v) is 7.50. The number of aromatic nitrogens is 4. The highest BCUT2D eigenvalue weighted by Crippen LogP contribution is 2.18. The molecule has 120 valence electrons. The van der Waals surface area contributed by atoms with Crippen LogP contribution in [0.25, 0.3) is 11.3 Å². The number of aryl methyl sites for hydroxylation is 5. The maximum absolute atomic E-state index is 4.76. The molecule has 1 aromatic carbocycles. The number of halogens is 1. The van der Waals surface area contributed by atoms with Crippen molar-refractivity contribution in [1.29, 1.82) is 0 Å². The SMILES string of the molecule is Cc1cnc(C)c(CCc2nc(-c3ccccc3)cn2C)n1.Cl. The zero-order chi connectivity index (χ0) is 15.5. The Kier molecular flexibility index (Phi) is 5.50. The van der Waals surface area contributed by atoms with E-state index < -0.39 is 0 Å². The Labute approximate surface area is 143 Å². The molecule has 0 aliphatic carbocycles. The summed E-state index contributed by atoms with van der Waals surface area (Å²) in [4.78, 5) is 13.7. The molecule has 23 heavy (non-hydrogen) atoms. The molecule has 0 bridgehead atoms. The number of rotatable bonds is 4. The number of imidazole rings is 1. The monoisotopic (exact) mass is 328 g/mol. The van der Waals surface area contributed by atoms with Gasteiger partial charge >= 0.3 is 0 Å². The summed E-state index contributed by atoms with van der Waals surface area (Å²) in [6.07, 6.45) is 5.62. The molecule has 2 heterocycles. The maximum Gasteiger partial charge on any atom is 0.109 e. The van der Waals surface area contributed by atoms with E-state index in [0.29, 0.717) is 0 Å². The molecule has 0 aliphatic heterocycles. The molecule has 5 heteroatoms. The third-order valence-electron chi connectivity index (χ3n) is 3.80. The van der Waals surface area contributed by atoms with Crippen molar-refractivity contribution in [2.45, 2.75) is 26.7 Å². The maximum atomic E-state index is 4.76. The molecule has 0 saturated carbocycles. The van der Waals surface area contributed by atoms with Crippen LogP contribution in [0.15, 0.2) is 42.7 Å². The lowest BCUT2D eigenvalue weighted by molar-refractivity contribution is 0.752. The molecule has 0 radical (unpaired) electrons. The molecule has 0 fully saturated rings. The lowest BCUT2D eigenvalue weighted by Crippen LogP contribution is -2.04. The van der Waals surface area contributed by atoms with Crippen LogP contribution in [-0.2, 0) is 19.9 Å². The smallest absolute Gasteiger partial charge is 0.109 e. The van der Waals surface area contributed by atoms with E-state index in [2.05, 4.69) is 32.9 Å². The van der Waals surface area contributed by atoms with Gasteiger partial charge in [-0.1, -0.05) is 30.3 Å². The standard InChI is InChI=1S/C18H20N4.ClH/c1-13-11-19-14(2)16(20-13)9-10-18-21-17(12-22(18)3)15-7-5-4-6-8-15;/h4-8,11-12H,9-10H2,1-3H3;1H. The first-order valence-electron chi connectivity index (χ1n) is 7.50. The normalized spacial score (nSPS) is 10.4. The van der Waals surface area contributed by atoms with Crippen molar-refractivity contribution in [3.8, 4) is 11.3 Å². The Morgan fingerprint density at radius 2 is 1.74 bits per heavy atom. The van der Waals surface area contributed by atoms with Crippen LogP contribution in [0.5, 0.6) is 0 Å². The van der Waals surface area contributed by atoms with Crippen molar-refractivity contribution in [1.82, 2.24) is 19.5 Å². The van der Waals surface area contributed by atoms with E-state index in [-0.39, 0.29) is 12.4 Å². The van der Waals surface area contributed by atoms with Crippen LogP contribution in [0.1, 0.15) is 22.9 Å². The van der Waals surface area contributed by atoms with Gasteiger partial charge in [-0.2, -0.15) is 0 Å². The van der Waals surface area contributed by atoms with Gasteiger partial charge in [0, 0.05) is 31.4 Å². The van der Waals surface area contributed by atoms with Gasteiger partial charge < -0.3 is 4.57 Å². The van der Waals surface area contributed by atoms with Crippen LogP contribution >= 0.6 is 12.4 Å². The summed E-state index contributed by atoms with van der Waals surface area (Å²) in [6, 6.07) is 10.3. The van der Waals surface area contributed by atoms with Crippen LogP contribution in [-0.4, -0.2) is 19.5 Å². The molecule has 0 aliphatic rings. The predicted octanol–water partition coefficient (Wildman–Crippen LogP) is 3.70. The molecule has 3 rings (SSSR count). The fraction of sp³-hybridized carbons (Fsp3) is 0.278. The van der Waals surface area contributed by atoms with Gasteiger partial charge in [0.2, 0.25) is 0 Å². The van der Waals surface area contributed by atoms with Crippen molar-refractivity contribution in [2.75, 3.05) is 0 Å².